The number of nitrogens with zero attached hydrogens (tertiary/aromatic N) is 2. The van der Waals surface area contributed by atoms with Crippen LogP contribution in [0.5, 0.6) is 0 Å². The lowest BCUT2D eigenvalue weighted by Gasteiger charge is -2.13. The van der Waals surface area contributed by atoms with Crippen molar-refractivity contribution in [1.82, 2.24) is 9.78 Å². The Morgan fingerprint density at radius 2 is 2.25 bits per heavy atom. The van der Waals surface area contributed by atoms with Gasteiger partial charge in [0.05, 0.1) is 6.20 Å². The minimum absolute atomic E-state index is 0.685. The summed E-state index contributed by atoms with van der Waals surface area (Å²) in [6, 6.07) is 0. The number of hydrogen-bond acceptors (Lipinski definition) is 1. The smallest absolute Gasteiger partial charge is 0.0518 e. The van der Waals surface area contributed by atoms with Crippen LogP contribution in [-0.2, 0) is 6.54 Å². The molecule has 0 amide bonds. The molecule has 1 unspecified atom stereocenters. The Bertz CT molecular complexity index is 242. The first-order valence-electron chi connectivity index (χ1n) is 4.22. The predicted molar refractivity (Wildman–Crippen MR) is 59.6 cm³/mol. The molecule has 1 rings (SSSR count). The molecule has 0 aromatic carbocycles. The van der Waals surface area contributed by atoms with E-state index in [1.54, 1.807) is 0 Å². The second kappa shape index (κ2) is 4.25. The molecule has 0 saturated heterocycles. The summed E-state index contributed by atoms with van der Waals surface area (Å²) in [5, 5.41) is 4.25. The van der Waals surface area contributed by atoms with Gasteiger partial charge in [0.1, 0.15) is 0 Å². The number of halogens is 1. The summed E-state index contributed by atoms with van der Waals surface area (Å²) in [5.74, 6) is 0.685. The lowest BCUT2D eigenvalue weighted by molar-refractivity contribution is 0.455. The number of rotatable bonds is 3. The highest BCUT2D eigenvalue weighted by atomic mass is 127. The number of hydrogen-bond donors (Lipinski definition) is 0. The van der Waals surface area contributed by atoms with Gasteiger partial charge < -0.3 is 0 Å². The molecule has 68 valence electrons. The maximum absolute atomic E-state index is 4.25. The third kappa shape index (κ3) is 2.77. The van der Waals surface area contributed by atoms with E-state index in [0.717, 1.165) is 6.54 Å². The molecule has 0 aliphatic carbocycles. The second-order valence-electron chi connectivity index (χ2n) is 3.39. The zero-order valence-electron chi connectivity index (χ0n) is 7.79. The van der Waals surface area contributed by atoms with Crippen molar-refractivity contribution in [3.8, 4) is 0 Å². The van der Waals surface area contributed by atoms with Crippen molar-refractivity contribution in [2.75, 3.05) is 0 Å². The molecule has 0 spiro atoms. The summed E-state index contributed by atoms with van der Waals surface area (Å²) in [6.45, 7) is 7.59. The molecule has 0 aliphatic heterocycles. The molecule has 0 aliphatic rings. The van der Waals surface area contributed by atoms with Gasteiger partial charge in [-0.25, -0.2) is 0 Å². The van der Waals surface area contributed by atoms with E-state index in [0.29, 0.717) is 9.84 Å². The summed E-state index contributed by atoms with van der Waals surface area (Å²) in [7, 11) is 0. The van der Waals surface area contributed by atoms with E-state index in [2.05, 4.69) is 54.7 Å². The lowest BCUT2D eigenvalue weighted by Crippen LogP contribution is -2.14. The second-order valence-corrected chi connectivity index (χ2v) is 5.36. The Labute approximate surface area is 87.5 Å². The first-order valence-corrected chi connectivity index (χ1v) is 5.47. The summed E-state index contributed by atoms with van der Waals surface area (Å²) in [5.41, 5.74) is 1.24. The van der Waals surface area contributed by atoms with Crippen molar-refractivity contribution in [2.45, 2.75) is 31.2 Å². The Hall–Kier alpha value is -0.0600. The SMILES string of the molecule is Cc1cnn(C[C@H](C)C(C)I)c1. The van der Waals surface area contributed by atoms with E-state index >= 15 is 0 Å². The molecule has 0 N–H and O–H groups in total. The highest BCUT2D eigenvalue weighted by Gasteiger charge is 2.09. The van der Waals surface area contributed by atoms with Crippen LogP contribution in [0.3, 0.4) is 0 Å². The van der Waals surface area contributed by atoms with E-state index in [-0.39, 0.29) is 0 Å². The van der Waals surface area contributed by atoms with E-state index in [1.165, 1.54) is 5.56 Å². The van der Waals surface area contributed by atoms with Crippen LogP contribution in [0.15, 0.2) is 12.4 Å². The largest absolute Gasteiger partial charge is 0.272 e. The van der Waals surface area contributed by atoms with Crippen LogP contribution in [0.2, 0.25) is 0 Å². The molecular formula is C9H15IN2. The molecule has 1 aromatic heterocycles. The molecule has 0 saturated carbocycles. The minimum Gasteiger partial charge on any atom is -0.272 e. The Morgan fingerprint density at radius 1 is 1.58 bits per heavy atom. The Kier molecular flexibility index (Phi) is 3.55. The zero-order valence-corrected chi connectivity index (χ0v) is 9.95. The monoisotopic (exact) mass is 278 g/mol. The van der Waals surface area contributed by atoms with Gasteiger partial charge in [-0.3, -0.25) is 4.68 Å². The quantitative estimate of drug-likeness (QED) is 0.614. The van der Waals surface area contributed by atoms with Gasteiger partial charge in [-0.1, -0.05) is 36.4 Å². The first-order chi connectivity index (χ1) is 5.59. The third-order valence-electron chi connectivity index (χ3n) is 2.02. The molecular weight excluding hydrogens is 263 g/mol. The molecule has 3 heteroatoms. The fourth-order valence-electron chi connectivity index (χ4n) is 1.01. The van der Waals surface area contributed by atoms with Crippen LogP contribution in [-0.4, -0.2) is 13.7 Å². The molecule has 0 radical (unpaired) electrons. The molecule has 2 atom stereocenters. The number of alkyl halides is 1. The summed E-state index contributed by atoms with van der Waals surface area (Å²) in [4.78, 5) is 0. The molecule has 2 nitrogen and oxygen atoms in total. The minimum atomic E-state index is 0.685. The van der Waals surface area contributed by atoms with Crippen LogP contribution in [0.4, 0.5) is 0 Å². The molecule has 1 aromatic rings. The van der Waals surface area contributed by atoms with Crippen molar-refractivity contribution >= 4 is 22.6 Å². The Balaban J connectivity index is 2.52. The molecule has 0 bridgehead atoms. The van der Waals surface area contributed by atoms with Crippen molar-refractivity contribution in [1.29, 1.82) is 0 Å². The average molecular weight is 278 g/mol. The van der Waals surface area contributed by atoms with Crippen molar-refractivity contribution in [3.05, 3.63) is 18.0 Å². The number of aryl methyl sites for hydroxylation is 1. The van der Waals surface area contributed by atoms with Crippen molar-refractivity contribution in [3.63, 3.8) is 0 Å². The topological polar surface area (TPSA) is 17.8 Å². The highest BCUT2D eigenvalue weighted by Crippen LogP contribution is 2.14. The van der Waals surface area contributed by atoms with Gasteiger partial charge in [0, 0.05) is 16.7 Å². The number of aromatic nitrogens is 2. The lowest BCUT2D eigenvalue weighted by atomic mass is 10.1. The normalized spacial score (nSPS) is 16.0. The third-order valence-corrected chi connectivity index (χ3v) is 3.25. The van der Waals surface area contributed by atoms with Gasteiger partial charge in [0.15, 0.2) is 0 Å². The fraction of sp³-hybridized carbons (Fsp3) is 0.667. The zero-order chi connectivity index (χ0) is 9.14. The predicted octanol–water partition coefficient (Wildman–Crippen LogP) is 2.65. The summed E-state index contributed by atoms with van der Waals surface area (Å²) >= 11 is 2.46. The molecule has 1 heterocycles. The van der Waals surface area contributed by atoms with Crippen LogP contribution in [0, 0.1) is 12.8 Å². The van der Waals surface area contributed by atoms with E-state index in [9.17, 15) is 0 Å². The van der Waals surface area contributed by atoms with E-state index in [1.807, 2.05) is 10.9 Å². The van der Waals surface area contributed by atoms with Crippen LogP contribution < -0.4 is 0 Å². The van der Waals surface area contributed by atoms with E-state index < -0.39 is 0 Å². The van der Waals surface area contributed by atoms with Crippen LogP contribution in [0.1, 0.15) is 19.4 Å². The van der Waals surface area contributed by atoms with Gasteiger partial charge in [-0.05, 0) is 18.4 Å². The van der Waals surface area contributed by atoms with Crippen LogP contribution in [0.25, 0.3) is 0 Å². The average Bonchev–Trinajstić information content (AvgIpc) is 2.35. The fourth-order valence-corrected chi connectivity index (χ4v) is 1.23. The van der Waals surface area contributed by atoms with E-state index in [4.69, 9.17) is 0 Å². The van der Waals surface area contributed by atoms with Gasteiger partial charge in [0.2, 0.25) is 0 Å². The van der Waals surface area contributed by atoms with Gasteiger partial charge in [-0.2, -0.15) is 5.10 Å². The standard InChI is InChI=1S/C9H15IN2/c1-7-4-11-12(5-7)6-8(2)9(3)10/h4-5,8-9H,6H2,1-3H3/t8-,9?/m0/s1. The Morgan fingerprint density at radius 3 is 2.67 bits per heavy atom. The van der Waals surface area contributed by atoms with Gasteiger partial charge in [-0.15, -0.1) is 0 Å². The van der Waals surface area contributed by atoms with Crippen LogP contribution >= 0.6 is 22.6 Å². The highest BCUT2D eigenvalue weighted by molar-refractivity contribution is 14.1. The van der Waals surface area contributed by atoms with Crippen molar-refractivity contribution in [2.24, 2.45) is 5.92 Å². The van der Waals surface area contributed by atoms with Gasteiger partial charge >= 0.3 is 0 Å². The summed E-state index contributed by atoms with van der Waals surface area (Å²) < 4.78 is 2.72. The molecule has 12 heavy (non-hydrogen) atoms. The van der Waals surface area contributed by atoms with Crippen molar-refractivity contribution < 1.29 is 0 Å². The maximum atomic E-state index is 4.25. The van der Waals surface area contributed by atoms with Gasteiger partial charge in [0.25, 0.3) is 0 Å². The first kappa shape index (κ1) is 10.0. The summed E-state index contributed by atoms with van der Waals surface area (Å²) in [6.07, 6.45) is 4.00. The molecule has 0 fully saturated rings. The maximum Gasteiger partial charge on any atom is 0.0518 e.